The van der Waals surface area contributed by atoms with E-state index < -0.39 is 39.0 Å². The monoisotopic (exact) mass is 422 g/mol. The molecule has 0 atom stereocenters. The Kier molecular flexibility index (Phi) is 6.33. The summed E-state index contributed by atoms with van der Waals surface area (Å²) in [5.41, 5.74) is 2.13. The summed E-state index contributed by atoms with van der Waals surface area (Å²) in [6.45, 7) is 3.99. The first-order valence-corrected chi connectivity index (χ1v) is 11.0. The predicted octanol–water partition coefficient (Wildman–Crippen LogP) is 3.56. The fourth-order valence-corrected chi connectivity index (χ4v) is 4.19. The van der Waals surface area contributed by atoms with Gasteiger partial charge in [-0.2, -0.15) is 0 Å². The number of halogens is 2. The molecule has 1 saturated carbocycles. The van der Waals surface area contributed by atoms with E-state index in [2.05, 4.69) is 13.8 Å². The van der Waals surface area contributed by atoms with Crippen LogP contribution in [0.3, 0.4) is 0 Å². The third kappa shape index (κ3) is 5.19. The highest BCUT2D eigenvalue weighted by molar-refractivity contribution is 7.89. The van der Waals surface area contributed by atoms with E-state index in [0.717, 1.165) is 36.6 Å². The van der Waals surface area contributed by atoms with Crippen LogP contribution in [0.4, 0.5) is 8.78 Å². The zero-order chi connectivity index (χ0) is 21.2. The minimum absolute atomic E-state index is 0.0574. The summed E-state index contributed by atoms with van der Waals surface area (Å²) < 4.78 is 54.2. The van der Waals surface area contributed by atoms with Gasteiger partial charge in [0.15, 0.2) is 4.90 Å². The van der Waals surface area contributed by atoms with Crippen molar-refractivity contribution in [1.82, 2.24) is 9.62 Å². The molecule has 0 unspecified atom stereocenters. The summed E-state index contributed by atoms with van der Waals surface area (Å²) in [7, 11) is -4.49. The molecule has 1 amide bonds. The number of amides is 1. The van der Waals surface area contributed by atoms with Gasteiger partial charge in [-0.25, -0.2) is 21.9 Å². The number of rotatable bonds is 8. The predicted molar refractivity (Wildman–Crippen MR) is 106 cm³/mol. The van der Waals surface area contributed by atoms with Gasteiger partial charge in [-0.05, 0) is 42.0 Å². The highest BCUT2D eigenvalue weighted by Crippen LogP contribution is 2.29. The maximum atomic E-state index is 13.8. The molecule has 1 fully saturated rings. The Labute approximate surface area is 169 Å². The van der Waals surface area contributed by atoms with Crippen LogP contribution >= 0.6 is 0 Å². The number of nitrogens with zero attached hydrogens (tertiary/aromatic N) is 1. The Morgan fingerprint density at radius 1 is 1.10 bits per heavy atom. The van der Waals surface area contributed by atoms with Crippen molar-refractivity contribution in [3.63, 3.8) is 0 Å². The van der Waals surface area contributed by atoms with E-state index in [-0.39, 0.29) is 6.04 Å². The van der Waals surface area contributed by atoms with Crippen molar-refractivity contribution in [2.24, 2.45) is 0 Å². The smallest absolute Gasteiger partial charge is 0.246 e. The van der Waals surface area contributed by atoms with Crippen LogP contribution in [0.25, 0.3) is 0 Å². The molecule has 2 aromatic carbocycles. The van der Waals surface area contributed by atoms with Gasteiger partial charge in [0, 0.05) is 12.6 Å². The van der Waals surface area contributed by atoms with Crippen molar-refractivity contribution in [2.45, 2.75) is 50.1 Å². The quantitative estimate of drug-likeness (QED) is 0.707. The fraction of sp³-hybridized carbons (Fsp3) is 0.381. The van der Waals surface area contributed by atoms with Gasteiger partial charge in [0.1, 0.15) is 11.6 Å². The van der Waals surface area contributed by atoms with Crippen molar-refractivity contribution in [2.75, 3.05) is 6.54 Å². The van der Waals surface area contributed by atoms with Crippen molar-refractivity contribution in [3.05, 3.63) is 65.2 Å². The lowest BCUT2D eigenvalue weighted by atomic mass is 10.0. The van der Waals surface area contributed by atoms with Crippen LogP contribution < -0.4 is 4.72 Å². The maximum Gasteiger partial charge on any atom is 0.246 e. The SMILES string of the molecule is CC(C)c1ccc(CN(C(=O)CNS(=O)(=O)c2c(F)cccc2F)C2CC2)cc1. The summed E-state index contributed by atoms with van der Waals surface area (Å²) in [6.07, 6.45) is 1.70. The molecule has 0 aromatic heterocycles. The maximum absolute atomic E-state index is 13.8. The summed E-state index contributed by atoms with van der Waals surface area (Å²) in [5.74, 6) is -2.43. The summed E-state index contributed by atoms with van der Waals surface area (Å²) in [6, 6.07) is 10.8. The van der Waals surface area contributed by atoms with E-state index in [0.29, 0.717) is 12.5 Å². The molecule has 1 aliphatic rings. The Hall–Kier alpha value is -2.32. The van der Waals surface area contributed by atoms with Crippen molar-refractivity contribution in [3.8, 4) is 0 Å². The molecule has 3 rings (SSSR count). The molecule has 5 nitrogen and oxygen atoms in total. The molecule has 2 aromatic rings. The first-order valence-electron chi connectivity index (χ1n) is 9.51. The molecular weight excluding hydrogens is 398 g/mol. The fourth-order valence-electron chi connectivity index (χ4n) is 3.08. The Morgan fingerprint density at radius 2 is 1.69 bits per heavy atom. The Bertz CT molecular complexity index is 967. The van der Waals surface area contributed by atoms with Crippen LogP contribution in [-0.4, -0.2) is 31.8 Å². The average molecular weight is 422 g/mol. The largest absolute Gasteiger partial charge is 0.334 e. The number of hydrogen-bond acceptors (Lipinski definition) is 3. The molecule has 29 heavy (non-hydrogen) atoms. The van der Waals surface area contributed by atoms with Crippen LogP contribution in [0.5, 0.6) is 0 Å². The molecule has 156 valence electrons. The lowest BCUT2D eigenvalue weighted by molar-refractivity contribution is -0.131. The lowest BCUT2D eigenvalue weighted by Gasteiger charge is -2.23. The van der Waals surface area contributed by atoms with E-state index >= 15 is 0 Å². The molecular formula is C21H24F2N2O3S. The van der Waals surface area contributed by atoms with Crippen molar-refractivity contribution < 1.29 is 22.0 Å². The third-order valence-electron chi connectivity index (χ3n) is 4.91. The zero-order valence-electron chi connectivity index (χ0n) is 16.4. The number of benzene rings is 2. The number of nitrogens with one attached hydrogen (secondary N) is 1. The molecule has 8 heteroatoms. The number of hydrogen-bond donors (Lipinski definition) is 1. The molecule has 0 saturated heterocycles. The molecule has 1 aliphatic carbocycles. The van der Waals surface area contributed by atoms with Gasteiger partial charge in [0.05, 0.1) is 6.54 Å². The highest BCUT2D eigenvalue weighted by atomic mass is 32.2. The average Bonchev–Trinajstić information content (AvgIpc) is 3.49. The van der Waals surface area contributed by atoms with Crippen LogP contribution in [0.2, 0.25) is 0 Å². The molecule has 0 heterocycles. The van der Waals surface area contributed by atoms with Gasteiger partial charge < -0.3 is 4.90 Å². The summed E-state index contributed by atoms with van der Waals surface area (Å²) in [4.78, 5) is 13.2. The van der Waals surface area contributed by atoms with Gasteiger partial charge in [0.2, 0.25) is 15.9 Å². The number of carbonyl (C=O) groups is 1. The third-order valence-corrected chi connectivity index (χ3v) is 6.36. The van der Waals surface area contributed by atoms with Crippen LogP contribution in [0, 0.1) is 11.6 Å². The minimum Gasteiger partial charge on any atom is -0.334 e. The van der Waals surface area contributed by atoms with Gasteiger partial charge in [0.25, 0.3) is 0 Å². The van der Waals surface area contributed by atoms with Gasteiger partial charge in [-0.1, -0.05) is 44.2 Å². The van der Waals surface area contributed by atoms with Gasteiger partial charge in [-0.15, -0.1) is 0 Å². The van der Waals surface area contributed by atoms with E-state index in [1.165, 1.54) is 5.56 Å². The molecule has 0 bridgehead atoms. The number of sulfonamides is 1. The van der Waals surface area contributed by atoms with E-state index in [9.17, 15) is 22.0 Å². The highest BCUT2D eigenvalue weighted by Gasteiger charge is 2.33. The second-order valence-corrected chi connectivity index (χ2v) is 9.23. The zero-order valence-corrected chi connectivity index (χ0v) is 17.2. The topological polar surface area (TPSA) is 66.5 Å². The molecule has 0 radical (unpaired) electrons. The first kappa shape index (κ1) is 21.4. The Balaban J connectivity index is 1.69. The lowest BCUT2D eigenvalue weighted by Crippen LogP contribution is -2.41. The van der Waals surface area contributed by atoms with Crippen molar-refractivity contribution in [1.29, 1.82) is 0 Å². The molecule has 1 N–H and O–H groups in total. The van der Waals surface area contributed by atoms with Gasteiger partial charge in [-0.3, -0.25) is 4.79 Å². The standard InChI is InChI=1S/C21H24F2N2O3S/c1-14(2)16-8-6-15(7-9-16)13-25(17-10-11-17)20(26)12-24-29(27,28)21-18(22)4-3-5-19(21)23/h3-9,14,17,24H,10-13H2,1-2H3. The Morgan fingerprint density at radius 3 is 2.21 bits per heavy atom. The second-order valence-electron chi connectivity index (χ2n) is 7.52. The number of carbonyl (C=O) groups excluding carboxylic acids is 1. The normalized spacial score (nSPS) is 14.2. The molecule has 0 spiro atoms. The van der Waals surface area contributed by atoms with Gasteiger partial charge >= 0.3 is 0 Å². The van der Waals surface area contributed by atoms with E-state index in [4.69, 9.17) is 0 Å². The second kappa shape index (κ2) is 8.59. The minimum atomic E-state index is -4.49. The first-order chi connectivity index (χ1) is 13.7. The van der Waals surface area contributed by atoms with Crippen LogP contribution in [-0.2, 0) is 21.4 Å². The summed E-state index contributed by atoms with van der Waals surface area (Å²) in [5, 5.41) is 0. The molecule has 0 aliphatic heterocycles. The van der Waals surface area contributed by atoms with E-state index in [1.54, 1.807) is 4.90 Å². The van der Waals surface area contributed by atoms with Crippen LogP contribution in [0.1, 0.15) is 43.7 Å². The van der Waals surface area contributed by atoms with E-state index in [1.807, 2.05) is 29.0 Å². The van der Waals surface area contributed by atoms with Crippen molar-refractivity contribution >= 4 is 15.9 Å². The summed E-state index contributed by atoms with van der Waals surface area (Å²) >= 11 is 0. The van der Waals surface area contributed by atoms with Crippen LogP contribution in [0.15, 0.2) is 47.4 Å².